The van der Waals surface area contributed by atoms with Crippen molar-refractivity contribution in [3.63, 3.8) is 0 Å². The molecule has 2 rings (SSSR count). The molecule has 1 N–H and O–H groups in total. The highest BCUT2D eigenvalue weighted by Gasteiger charge is 2.45. The van der Waals surface area contributed by atoms with Crippen molar-refractivity contribution in [2.75, 3.05) is 13.2 Å². The minimum Gasteiger partial charge on any atom is -0.498 e. The Morgan fingerprint density at radius 3 is 3.00 bits per heavy atom. The predicted octanol–water partition coefficient (Wildman–Crippen LogP) is 1.58. The van der Waals surface area contributed by atoms with Crippen molar-refractivity contribution in [2.45, 2.75) is 51.1 Å². The largest absolute Gasteiger partial charge is 0.498 e. The fourth-order valence-electron chi connectivity index (χ4n) is 2.34. The highest BCUT2D eigenvalue weighted by Crippen LogP contribution is 2.38. The standard InChI is InChI=1S/C12H20O4/c1-3-14-10-5-4-6-12(7-10)15-9(2)11(8-13)16-12/h7,9,11,13H,3-6,8H2,1-2H3/t9-,11?,12?/m1/s1. The number of hydrogen-bond acceptors (Lipinski definition) is 4. The molecule has 1 aliphatic heterocycles. The number of aliphatic hydroxyl groups is 1. The molecule has 4 heteroatoms. The maximum Gasteiger partial charge on any atom is 0.192 e. The molecule has 1 spiro atoms. The number of allylic oxidation sites excluding steroid dienone is 1. The first kappa shape index (κ1) is 11.9. The molecule has 0 aromatic rings. The van der Waals surface area contributed by atoms with Gasteiger partial charge in [0.2, 0.25) is 0 Å². The van der Waals surface area contributed by atoms with E-state index in [0.29, 0.717) is 6.61 Å². The fourth-order valence-corrected chi connectivity index (χ4v) is 2.34. The van der Waals surface area contributed by atoms with Crippen molar-refractivity contribution < 1.29 is 19.3 Å². The third-order valence-corrected chi connectivity index (χ3v) is 3.10. The predicted molar refractivity (Wildman–Crippen MR) is 58.8 cm³/mol. The van der Waals surface area contributed by atoms with Crippen LogP contribution in [0.1, 0.15) is 33.1 Å². The van der Waals surface area contributed by atoms with Gasteiger partial charge in [-0.15, -0.1) is 0 Å². The lowest BCUT2D eigenvalue weighted by Crippen LogP contribution is -2.32. The van der Waals surface area contributed by atoms with Crippen LogP contribution in [0.2, 0.25) is 0 Å². The Bertz CT molecular complexity index is 276. The molecule has 0 bridgehead atoms. The van der Waals surface area contributed by atoms with Gasteiger partial charge in [0, 0.05) is 18.9 Å². The minimum atomic E-state index is -0.657. The number of ether oxygens (including phenoxy) is 3. The summed E-state index contributed by atoms with van der Waals surface area (Å²) >= 11 is 0. The zero-order valence-corrected chi connectivity index (χ0v) is 9.94. The van der Waals surface area contributed by atoms with Gasteiger partial charge in [0.25, 0.3) is 0 Å². The van der Waals surface area contributed by atoms with Crippen LogP contribution in [0, 0.1) is 0 Å². The molecule has 1 fully saturated rings. The van der Waals surface area contributed by atoms with Gasteiger partial charge in [-0.3, -0.25) is 0 Å². The van der Waals surface area contributed by atoms with Crippen LogP contribution in [0.25, 0.3) is 0 Å². The lowest BCUT2D eigenvalue weighted by Gasteiger charge is -2.29. The summed E-state index contributed by atoms with van der Waals surface area (Å²) in [6, 6.07) is 0. The summed E-state index contributed by atoms with van der Waals surface area (Å²) < 4.78 is 17.1. The Morgan fingerprint density at radius 1 is 1.56 bits per heavy atom. The normalized spacial score (nSPS) is 38.8. The van der Waals surface area contributed by atoms with E-state index in [4.69, 9.17) is 19.3 Å². The van der Waals surface area contributed by atoms with Crippen molar-refractivity contribution in [1.29, 1.82) is 0 Å². The average molecular weight is 228 g/mol. The van der Waals surface area contributed by atoms with Gasteiger partial charge in [-0.05, 0) is 20.3 Å². The summed E-state index contributed by atoms with van der Waals surface area (Å²) in [5.41, 5.74) is 0. The Morgan fingerprint density at radius 2 is 2.38 bits per heavy atom. The van der Waals surface area contributed by atoms with Gasteiger partial charge in [0.1, 0.15) is 6.10 Å². The molecule has 2 aliphatic rings. The Hall–Kier alpha value is -0.580. The van der Waals surface area contributed by atoms with Crippen molar-refractivity contribution in [3.05, 3.63) is 11.8 Å². The summed E-state index contributed by atoms with van der Waals surface area (Å²) in [5, 5.41) is 9.16. The van der Waals surface area contributed by atoms with E-state index in [1.54, 1.807) is 0 Å². The number of hydrogen-bond donors (Lipinski definition) is 1. The van der Waals surface area contributed by atoms with Crippen LogP contribution < -0.4 is 0 Å². The summed E-state index contributed by atoms with van der Waals surface area (Å²) in [6.45, 7) is 4.57. The lowest BCUT2D eigenvalue weighted by atomic mass is 10.00. The maximum absolute atomic E-state index is 9.16. The number of aliphatic hydroxyl groups excluding tert-OH is 1. The fraction of sp³-hybridized carbons (Fsp3) is 0.833. The zero-order valence-electron chi connectivity index (χ0n) is 9.94. The molecule has 4 nitrogen and oxygen atoms in total. The first-order chi connectivity index (χ1) is 7.69. The smallest absolute Gasteiger partial charge is 0.192 e. The second-order valence-corrected chi connectivity index (χ2v) is 4.37. The lowest BCUT2D eigenvalue weighted by molar-refractivity contribution is -0.150. The molecule has 16 heavy (non-hydrogen) atoms. The molecule has 0 aromatic heterocycles. The van der Waals surface area contributed by atoms with Gasteiger partial charge in [-0.2, -0.15) is 0 Å². The third-order valence-electron chi connectivity index (χ3n) is 3.10. The van der Waals surface area contributed by atoms with E-state index in [2.05, 4.69) is 0 Å². The highest BCUT2D eigenvalue weighted by atomic mass is 16.8. The molecular weight excluding hydrogens is 208 g/mol. The summed E-state index contributed by atoms with van der Waals surface area (Å²) in [5.74, 6) is 0.287. The van der Waals surface area contributed by atoms with Gasteiger partial charge in [-0.1, -0.05) is 0 Å². The van der Waals surface area contributed by atoms with E-state index in [1.807, 2.05) is 19.9 Å². The second kappa shape index (κ2) is 4.73. The van der Waals surface area contributed by atoms with Crippen LogP contribution in [0.4, 0.5) is 0 Å². The molecule has 0 amide bonds. The summed E-state index contributed by atoms with van der Waals surface area (Å²) in [7, 11) is 0. The van der Waals surface area contributed by atoms with Crippen molar-refractivity contribution in [2.24, 2.45) is 0 Å². The summed E-state index contributed by atoms with van der Waals surface area (Å²) in [4.78, 5) is 0. The summed E-state index contributed by atoms with van der Waals surface area (Å²) in [6.07, 6.45) is 4.42. The second-order valence-electron chi connectivity index (χ2n) is 4.37. The molecule has 1 heterocycles. The van der Waals surface area contributed by atoms with Crippen molar-refractivity contribution in [1.82, 2.24) is 0 Å². The van der Waals surface area contributed by atoms with Crippen molar-refractivity contribution in [3.8, 4) is 0 Å². The molecule has 92 valence electrons. The maximum atomic E-state index is 9.16. The van der Waals surface area contributed by atoms with Crippen LogP contribution in [-0.2, 0) is 14.2 Å². The Labute approximate surface area is 96.2 Å². The SMILES string of the molecule is CCOC1=CC2(CCC1)OC(CO)[C@@H](C)O2. The number of rotatable bonds is 3. The van der Waals surface area contributed by atoms with Crippen LogP contribution in [-0.4, -0.2) is 36.3 Å². The topological polar surface area (TPSA) is 47.9 Å². The van der Waals surface area contributed by atoms with Crippen LogP contribution >= 0.6 is 0 Å². The third kappa shape index (κ3) is 2.24. The molecule has 1 saturated heterocycles. The zero-order chi connectivity index (χ0) is 11.6. The van der Waals surface area contributed by atoms with Crippen LogP contribution in [0.15, 0.2) is 11.8 Å². The molecular formula is C12H20O4. The van der Waals surface area contributed by atoms with Crippen molar-refractivity contribution >= 4 is 0 Å². The van der Waals surface area contributed by atoms with Gasteiger partial charge in [-0.25, -0.2) is 0 Å². The Balaban J connectivity index is 2.11. The highest BCUT2D eigenvalue weighted by molar-refractivity contribution is 5.09. The van der Waals surface area contributed by atoms with Crippen LogP contribution in [0.5, 0.6) is 0 Å². The quantitative estimate of drug-likeness (QED) is 0.796. The van der Waals surface area contributed by atoms with E-state index in [0.717, 1.165) is 25.0 Å². The van der Waals surface area contributed by atoms with E-state index in [1.165, 1.54) is 0 Å². The Kier molecular flexibility index (Phi) is 3.52. The van der Waals surface area contributed by atoms with Gasteiger partial charge in [0.05, 0.1) is 25.1 Å². The molecule has 0 aromatic carbocycles. The molecule has 0 radical (unpaired) electrons. The van der Waals surface area contributed by atoms with Gasteiger partial charge < -0.3 is 19.3 Å². The van der Waals surface area contributed by atoms with E-state index >= 15 is 0 Å². The monoisotopic (exact) mass is 228 g/mol. The average Bonchev–Trinajstić information content (AvgIpc) is 2.55. The van der Waals surface area contributed by atoms with E-state index < -0.39 is 5.79 Å². The van der Waals surface area contributed by atoms with Crippen LogP contribution in [0.3, 0.4) is 0 Å². The van der Waals surface area contributed by atoms with Gasteiger partial charge >= 0.3 is 0 Å². The molecule has 3 atom stereocenters. The first-order valence-corrected chi connectivity index (χ1v) is 6.00. The van der Waals surface area contributed by atoms with E-state index in [-0.39, 0.29) is 18.8 Å². The molecule has 0 saturated carbocycles. The molecule has 1 aliphatic carbocycles. The van der Waals surface area contributed by atoms with Gasteiger partial charge in [0.15, 0.2) is 5.79 Å². The van der Waals surface area contributed by atoms with E-state index in [9.17, 15) is 0 Å². The minimum absolute atomic E-state index is 0.000719. The first-order valence-electron chi connectivity index (χ1n) is 6.00. The molecule has 2 unspecified atom stereocenters.